The Labute approximate surface area is 149 Å². The van der Waals surface area contributed by atoms with Crippen LogP contribution in [0.4, 0.5) is 4.39 Å². The minimum atomic E-state index is -0.302. The third kappa shape index (κ3) is 4.27. The highest BCUT2D eigenvalue weighted by Gasteiger charge is 2.44. The number of nitrogens with zero attached hydrogens (tertiary/aromatic N) is 2. The van der Waals surface area contributed by atoms with Crippen LogP contribution in [0.3, 0.4) is 0 Å². The standard InChI is InChI=1S/C20H29FN2O2/c1-16-20(25-15-14-22(16)2)9-12-23(13-10-20)11-3-4-19(24)17-5-7-18(21)8-6-17/h5-8,16H,3-4,9-15H2,1-2H3. The number of likely N-dealkylation sites (tertiary alicyclic amines) is 1. The minimum absolute atomic E-state index is 0.00737. The van der Waals surface area contributed by atoms with Crippen molar-refractivity contribution in [3.63, 3.8) is 0 Å². The van der Waals surface area contributed by atoms with Gasteiger partial charge in [0, 0.05) is 37.7 Å². The van der Waals surface area contributed by atoms with Crippen molar-refractivity contribution < 1.29 is 13.9 Å². The van der Waals surface area contributed by atoms with Crippen LogP contribution in [0, 0.1) is 5.82 Å². The molecule has 0 saturated carbocycles. The number of rotatable bonds is 5. The molecule has 138 valence electrons. The lowest BCUT2D eigenvalue weighted by Gasteiger charge is -2.51. The zero-order chi connectivity index (χ0) is 17.9. The number of ketones is 1. The number of carbonyl (C=O) groups is 1. The molecule has 2 aliphatic heterocycles. The molecule has 1 aromatic rings. The van der Waals surface area contributed by atoms with E-state index >= 15 is 0 Å². The maximum Gasteiger partial charge on any atom is 0.162 e. The molecule has 0 bridgehead atoms. The lowest BCUT2D eigenvalue weighted by Crippen LogP contribution is -2.61. The van der Waals surface area contributed by atoms with Crippen LogP contribution in [0.5, 0.6) is 0 Å². The molecule has 1 unspecified atom stereocenters. The smallest absolute Gasteiger partial charge is 0.162 e. The highest BCUT2D eigenvalue weighted by atomic mass is 19.1. The van der Waals surface area contributed by atoms with Crippen molar-refractivity contribution in [2.45, 2.75) is 44.2 Å². The number of carbonyl (C=O) groups excluding carboxylic acids is 1. The van der Waals surface area contributed by atoms with Crippen LogP contribution in [0.2, 0.25) is 0 Å². The number of hydrogen-bond donors (Lipinski definition) is 0. The summed E-state index contributed by atoms with van der Waals surface area (Å²) in [6, 6.07) is 6.30. The number of halogens is 1. The lowest BCUT2D eigenvalue weighted by atomic mass is 9.83. The van der Waals surface area contributed by atoms with Crippen LogP contribution in [-0.4, -0.2) is 67.1 Å². The van der Waals surface area contributed by atoms with Crippen molar-refractivity contribution in [2.75, 3.05) is 39.8 Å². The molecule has 2 heterocycles. The number of piperidine rings is 1. The molecule has 4 nitrogen and oxygen atoms in total. The fourth-order valence-corrected chi connectivity index (χ4v) is 4.07. The van der Waals surface area contributed by atoms with Gasteiger partial charge in [-0.1, -0.05) is 0 Å². The van der Waals surface area contributed by atoms with E-state index in [9.17, 15) is 9.18 Å². The van der Waals surface area contributed by atoms with E-state index in [0.29, 0.717) is 18.0 Å². The summed E-state index contributed by atoms with van der Waals surface area (Å²) in [6.07, 6.45) is 3.48. The molecular weight excluding hydrogens is 319 g/mol. The van der Waals surface area contributed by atoms with Gasteiger partial charge in [0.05, 0.1) is 12.2 Å². The number of morpholine rings is 1. The first-order valence-corrected chi connectivity index (χ1v) is 9.35. The van der Waals surface area contributed by atoms with E-state index in [2.05, 4.69) is 23.8 Å². The first-order chi connectivity index (χ1) is 12.0. The van der Waals surface area contributed by atoms with Crippen LogP contribution in [0.15, 0.2) is 24.3 Å². The van der Waals surface area contributed by atoms with Gasteiger partial charge in [-0.15, -0.1) is 0 Å². The van der Waals surface area contributed by atoms with E-state index < -0.39 is 0 Å². The SMILES string of the molecule is CC1N(C)CCOC12CCN(CCCC(=O)c1ccc(F)cc1)CC2. The first-order valence-electron chi connectivity index (χ1n) is 9.35. The molecule has 1 atom stereocenters. The van der Waals surface area contributed by atoms with E-state index in [0.717, 1.165) is 52.0 Å². The highest BCUT2D eigenvalue weighted by molar-refractivity contribution is 5.95. The minimum Gasteiger partial charge on any atom is -0.372 e. The molecule has 0 radical (unpaired) electrons. The van der Waals surface area contributed by atoms with Crippen molar-refractivity contribution >= 4 is 5.78 Å². The van der Waals surface area contributed by atoms with Crippen LogP contribution in [0.1, 0.15) is 43.0 Å². The van der Waals surface area contributed by atoms with Crippen LogP contribution in [0.25, 0.3) is 0 Å². The number of Topliss-reactive ketones (excluding diaryl/α,β-unsaturated/α-hetero) is 1. The Hall–Kier alpha value is -1.30. The predicted molar refractivity (Wildman–Crippen MR) is 96.4 cm³/mol. The van der Waals surface area contributed by atoms with Crippen molar-refractivity contribution in [2.24, 2.45) is 0 Å². The normalized spacial score (nSPS) is 24.5. The van der Waals surface area contributed by atoms with Gasteiger partial charge in [0.15, 0.2) is 5.78 Å². The average Bonchev–Trinajstić information content (AvgIpc) is 2.62. The maximum absolute atomic E-state index is 12.9. The number of ether oxygens (including phenoxy) is 1. The highest BCUT2D eigenvalue weighted by Crippen LogP contribution is 2.34. The Kier molecular flexibility index (Phi) is 5.87. The average molecular weight is 348 g/mol. The Morgan fingerprint density at radius 3 is 2.60 bits per heavy atom. The second kappa shape index (κ2) is 7.94. The summed E-state index contributed by atoms with van der Waals surface area (Å²) in [6.45, 7) is 7.11. The van der Waals surface area contributed by atoms with E-state index in [1.807, 2.05) is 0 Å². The summed E-state index contributed by atoms with van der Waals surface area (Å²) < 4.78 is 19.1. The summed E-state index contributed by atoms with van der Waals surface area (Å²) in [5.74, 6) is -0.206. The van der Waals surface area contributed by atoms with Crippen molar-refractivity contribution in [3.05, 3.63) is 35.6 Å². The van der Waals surface area contributed by atoms with Gasteiger partial charge in [-0.25, -0.2) is 4.39 Å². The Morgan fingerprint density at radius 1 is 1.24 bits per heavy atom. The Bertz CT molecular complexity index is 582. The first kappa shape index (κ1) is 18.5. The van der Waals surface area contributed by atoms with Gasteiger partial charge in [0.2, 0.25) is 0 Å². The lowest BCUT2D eigenvalue weighted by molar-refractivity contribution is -0.160. The van der Waals surface area contributed by atoms with Crippen molar-refractivity contribution in [1.82, 2.24) is 9.80 Å². The van der Waals surface area contributed by atoms with Crippen molar-refractivity contribution in [1.29, 1.82) is 0 Å². The van der Waals surface area contributed by atoms with E-state index in [1.165, 1.54) is 12.1 Å². The molecule has 2 fully saturated rings. The van der Waals surface area contributed by atoms with E-state index in [1.54, 1.807) is 12.1 Å². The van der Waals surface area contributed by atoms with Gasteiger partial charge in [-0.2, -0.15) is 0 Å². The van der Waals surface area contributed by atoms with Gasteiger partial charge >= 0.3 is 0 Å². The zero-order valence-corrected chi connectivity index (χ0v) is 15.3. The van der Waals surface area contributed by atoms with Gasteiger partial charge in [-0.05, 0) is 64.0 Å². The van der Waals surface area contributed by atoms with Crippen LogP contribution in [-0.2, 0) is 4.74 Å². The van der Waals surface area contributed by atoms with E-state index in [-0.39, 0.29) is 17.2 Å². The van der Waals surface area contributed by atoms with Gasteiger partial charge in [0.1, 0.15) is 5.82 Å². The van der Waals surface area contributed by atoms with Gasteiger partial charge in [-0.3, -0.25) is 9.69 Å². The summed E-state index contributed by atoms with van der Waals surface area (Å²) in [4.78, 5) is 17.0. The molecule has 2 aliphatic rings. The fraction of sp³-hybridized carbons (Fsp3) is 0.650. The molecule has 1 spiro atoms. The Balaban J connectivity index is 1.42. The molecule has 1 aromatic carbocycles. The predicted octanol–water partition coefficient (Wildman–Crippen LogP) is 2.97. The van der Waals surface area contributed by atoms with Crippen LogP contribution >= 0.6 is 0 Å². The summed E-state index contributed by atoms with van der Waals surface area (Å²) in [5.41, 5.74) is 0.611. The third-order valence-corrected chi connectivity index (χ3v) is 6.00. The zero-order valence-electron chi connectivity index (χ0n) is 15.3. The number of likely N-dealkylation sites (N-methyl/N-ethyl adjacent to an activating group) is 1. The molecule has 0 aliphatic carbocycles. The number of benzene rings is 1. The molecular formula is C20H29FN2O2. The molecule has 25 heavy (non-hydrogen) atoms. The Morgan fingerprint density at radius 2 is 1.92 bits per heavy atom. The molecule has 0 N–H and O–H groups in total. The number of hydrogen-bond acceptors (Lipinski definition) is 4. The largest absolute Gasteiger partial charge is 0.372 e. The second-order valence-electron chi connectivity index (χ2n) is 7.45. The summed E-state index contributed by atoms with van der Waals surface area (Å²) in [7, 11) is 2.18. The fourth-order valence-electron chi connectivity index (χ4n) is 4.07. The molecule has 2 saturated heterocycles. The van der Waals surface area contributed by atoms with Gasteiger partial charge < -0.3 is 9.64 Å². The third-order valence-electron chi connectivity index (χ3n) is 6.00. The summed E-state index contributed by atoms with van der Waals surface area (Å²) >= 11 is 0. The summed E-state index contributed by atoms with van der Waals surface area (Å²) in [5, 5.41) is 0. The molecule has 5 heteroatoms. The van der Waals surface area contributed by atoms with Gasteiger partial charge in [0.25, 0.3) is 0 Å². The second-order valence-corrected chi connectivity index (χ2v) is 7.45. The molecule has 0 aromatic heterocycles. The molecule has 0 amide bonds. The monoisotopic (exact) mass is 348 g/mol. The quantitative estimate of drug-likeness (QED) is 0.766. The van der Waals surface area contributed by atoms with Crippen LogP contribution < -0.4 is 0 Å². The maximum atomic E-state index is 12.9. The topological polar surface area (TPSA) is 32.8 Å². The van der Waals surface area contributed by atoms with E-state index in [4.69, 9.17) is 4.74 Å². The molecule has 3 rings (SSSR count). The van der Waals surface area contributed by atoms with Crippen molar-refractivity contribution in [3.8, 4) is 0 Å².